The summed E-state index contributed by atoms with van der Waals surface area (Å²) >= 11 is 0. The second kappa shape index (κ2) is 5.00. The second-order valence-electron chi connectivity index (χ2n) is 3.42. The van der Waals surface area contributed by atoms with E-state index in [4.69, 9.17) is 4.84 Å². The van der Waals surface area contributed by atoms with Gasteiger partial charge in [0, 0.05) is 11.3 Å². The molecule has 0 saturated heterocycles. The lowest BCUT2D eigenvalue weighted by Gasteiger charge is -2.25. The van der Waals surface area contributed by atoms with E-state index in [-0.39, 0.29) is 11.3 Å². The quantitative estimate of drug-likeness (QED) is 0.538. The molecule has 74 valence electrons. The van der Waals surface area contributed by atoms with E-state index < -0.39 is 7.29 Å². The molecule has 0 spiro atoms. The van der Waals surface area contributed by atoms with E-state index in [1.165, 1.54) is 0 Å². The van der Waals surface area contributed by atoms with Crippen LogP contribution in [0.3, 0.4) is 0 Å². The topological polar surface area (TPSA) is 38.3 Å². The van der Waals surface area contributed by atoms with Crippen LogP contribution in [0.2, 0.25) is 0 Å². The first-order valence-electron chi connectivity index (χ1n) is 4.43. The third-order valence-corrected chi connectivity index (χ3v) is 5.37. The molecule has 0 aliphatic carbocycles. The number of hydrogen-bond acceptors (Lipinski definition) is 2. The van der Waals surface area contributed by atoms with Crippen LogP contribution < -0.4 is 5.25 Å². The van der Waals surface area contributed by atoms with Crippen LogP contribution in [-0.4, -0.2) is 17.9 Å². The molecule has 0 aromatic carbocycles. The molecule has 3 nitrogen and oxygen atoms in total. The van der Waals surface area contributed by atoms with Crippen LogP contribution in [0.1, 0.15) is 34.6 Å². The average Bonchev–Trinajstić information content (AvgIpc) is 1.99. The van der Waals surface area contributed by atoms with Crippen LogP contribution >= 0.6 is 7.29 Å². The average molecular weight is 193 g/mol. The van der Waals surface area contributed by atoms with Crippen molar-refractivity contribution in [1.29, 1.82) is 0 Å². The molecule has 0 unspecified atom stereocenters. The molecule has 0 radical (unpaired) electrons. The number of rotatable bonds is 5. The van der Waals surface area contributed by atoms with Crippen molar-refractivity contribution in [2.45, 2.75) is 45.9 Å². The first-order valence-corrected chi connectivity index (χ1v) is 6.28. The molecule has 1 N–H and O–H groups in total. The highest BCUT2D eigenvalue weighted by Gasteiger charge is 2.30. The Kier molecular flexibility index (Phi) is 5.07. The van der Waals surface area contributed by atoms with Gasteiger partial charge in [-0.2, -0.15) is 0 Å². The van der Waals surface area contributed by atoms with Crippen molar-refractivity contribution in [3.8, 4) is 0 Å². The van der Waals surface area contributed by atoms with Crippen molar-refractivity contribution in [1.82, 2.24) is 5.25 Å². The van der Waals surface area contributed by atoms with Crippen molar-refractivity contribution in [2.75, 3.05) is 6.61 Å². The van der Waals surface area contributed by atoms with Crippen molar-refractivity contribution in [3.63, 3.8) is 0 Å². The van der Waals surface area contributed by atoms with Gasteiger partial charge in [-0.05, 0) is 6.92 Å². The molecule has 0 aliphatic heterocycles. The van der Waals surface area contributed by atoms with E-state index >= 15 is 0 Å². The second-order valence-corrected chi connectivity index (χ2v) is 7.09. The molecule has 0 saturated carbocycles. The molecule has 0 atom stereocenters. The van der Waals surface area contributed by atoms with Gasteiger partial charge in [0.15, 0.2) is 7.29 Å². The normalized spacial score (nSPS) is 12.9. The summed E-state index contributed by atoms with van der Waals surface area (Å²) in [4.78, 5) is 5.01. The molecule has 0 amide bonds. The predicted molar refractivity (Wildman–Crippen MR) is 52.6 cm³/mol. The summed E-state index contributed by atoms with van der Waals surface area (Å²) in [5, 5.41) is 2.70. The molecule has 0 fully saturated rings. The van der Waals surface area contributed by atoms with Gasteiger partial charge in [-0.3, -0.25) is 4.84 Å². The highest BCUT2D eigenvalue weighted by Crippen LogP contribution is 2.50. The van der Waals surface area contributed by atoms with Crippen LogP contribution in [-0.2, 0) is 9.40 Å². The molecule has 0 aromatic heterocycles. The molecule has 0 rings (SSSR count). The van der Waals surface area contributed by atoms with E-state index in [2.05, 4.69) is 5.25 Å². The maximum Gasteiger partial charge on any atom is 0.174 e. The highest BCUT2D eigenvalue weighted by molar-refractivity contribution is 7.63. The largest absolute Gasteiger partial charge is 0.304 e. The van der Waals surface area contributed by atoms with Crippen molar-refractivity contribution in [2.24, 2.45) is 0 Å². The fraction of sp³-hybridized carbons (Fsp3) is 1.00. The van der Waals surface area contributed by atoms with Crippen molar-refractivity contribution in [3.05, 3.63) is 0 Å². The Morgan fingerprint density at radius 2 is 1.67 bits per heavy atom. The molecule has 0 heterocycles. The van der Waals surface area contributed by atoms with Crippen LogP contribution in [0.15, 0.2) is 0 Å². The maximum absolute atomic E-state index is 12.1. The van der Waals surface area contributed by atoms with Gasteiger partial charge in [0.25, 0.3) is 0 Å². The zero-order valence-corrected chi connectivity index (χ0v) is 9.52. The molecule has 0 aromatic rings. The minimum atomic E-state index is -2.35. The summed E-state index contributed by atoms with van der Waals surface area (Å²) in [5.74, 6) is 0. The lowest BCUT2D eigenvalue weighted by atomic mass is 10.5. The van der Waals surface area contributed by atoms with Gasteiger partial charge < -0.3 is 4.57 Å². The predicted octanol–water partition coefficient (Wildman–Crippen LogP) is 2.62. The Balaban J connectivity index is 4.31. The smallest absolute Gasteiger partial charge is 0.174 e. The van der Waals surface area contributed by atoms with E-state index in [0.29, 0.717) is 6.61 Å². The van der Waals surface area contributed by atoms with Gasteiger partial charge in [0.1, 0.15) is 0 Å². The molecule has 12 heavy (non-hydrogen) atoms. The van der Waals surface area contributed by atoms with Gasteiger partial charge in [0.2, 0.25) is 0 Å². The first-order chi connectivity index (χ1) is 5.45. The van der Waals surface area contributed by atoms with Crippen LogP contribution in [0, 0.1) is 0 Å². The summed E-state index contributed by atoms with van der Waals surface area (Å²) < 4.78 is 12.1. The van der Waals surface area contributed by atoms with Gasteiger partial charge in [0.05, 0.1) is 6.61 Å². The van der Waals surface area contributed by atoms with E-state index in [0.717, 1.165) is 0 Å². The fourth-order valence-electron chi connectivity index (χ4n) is 0.973. The highest BCUT2D eigenvalue weighted by atomic mass is 31.2. The van der Waals surface area contributed by atoms with Gasteiger partial charge >= 0.3 is 0 Å². The summed E-state index contributed by atoms with van der Waals surface area (Å²) in [5.41, 5.74) is 0.257. The minimum Gasteiger partial charge on any atom is -0.304 e. The van der Waals surface area contributed by atoms with Gasteiger partial charge in [-0.25, -0.2) is 0 Å². The van der Waals surface area contributed by atoms with Gasteiger partial charge in [-0.1, -0.05) is 27.7 Å². The standard InChI is InChI=1S/C8H20NO2P/c1-6-11-9-12(10,7(2)3)8(4)5/h7-8H,6H2,1-5H3,(H,9,10). The van der Waals surface area contributed by atoms with Crippen LogP contribution in [0.4, 0.5) is 0 Å². The van der Waals surface area contributed by atoms with E-state index in [1.807, 2.05) is 34.6 Å². The summed E-state index contributed by atoms with van der Waals surface area (Å²) in [6, 6.07) is 0. The molecular formula is C8H20NO2P. The monoisotopic (exact) mass is 193 g/mol. The zero-order chi connectivity index (χ0) is 9.78. The molecular weight excluding hydrogens is 173 g/mol. The SMILES string of the molecule is CCONP(=O)(C(C)C)C(C)C. The Morgan fingerprint density at radius 3 is 1.92 bits per heavy atom. The number of nitrogens with one attached hydrogen (secondary N) is 1. The Bertz CT molecular complexity index is 156. The maximum atomic E-state index is 12.1. The van der Waals surface area contributed by atoms with E-state index in [1.54, 1.807) is 0 Å². The van der Waals surface area contributed by atoms with Crippen LogP contribution in [0.5, 0.6) is 0 Å². The first kappa shape index (κ1) is 12.2. The number of hydrogen-bond donors (Lipinski definition) is 1. The molecule has 0 aliphatic rings. The Morgan fingerprint density at radius 1 is 1.25 bits per heavy atom. The van der Waals surface area contributed by atoms with Crippen LogP contribution in [0.25, 0.3) is 0 Å². The third-order valence-electron chi connectivity index (χ3n) is 1.89. The lowest BCUT2D eigenvalue weighted by molar-refractivity contribution is 0.102. The third kappa shape index (κ3) is 2.89. The van der Waals surface area contributed by atoms with Crippen molar-refractivity contribution < 1.29 is 9.40 Å². The lowest BCUT2D eigenvalue weighted by Crippen LogP contribution is -2.23. The van der Waals surface area contributed by atoms with Crippen molar-refractivity contribution >= 4 is 7.29 Å². The molecule has 4 heteroatoms. The molecule has 0 bridgehead atoms. The fourth-order valence-corrected chi connectivity index (χ4v) is 2.92. The summed E-state index contributed by atoms with van der Waals surface area (Å²) in [7, 11) is -2.35. The summed E-state index contributed by atoms with van der Waals surface area (Å²) in [6.07, 6.45) is 0. The van der Waals surface area contributed by atoms with Gasteiger partial charge in [-0.15, -0.1) is 5.25 Å². The Labute approximate surface area is 75.3 Å². The minimum absolute atomic E-state index is 0.129. The Hall–Kier alpha value is 0.150. The zero-order valence-electron chi connectivity index (χ0n) is 8.63. The summed E-state index contributed by atoms with van der Waals surface area (Å²) in [6.45, 7) is 10.2. The van der Waals surface area contributed by atoms with E-state index in [9.17, 15) is 4.57 Å².